The molecule has 0 radical (unpaired) electrons. The summed E-state index contributed by atoms with van der Waals surface area (Å²) >= 11 is 0. The summed E-state index contributed by atoms with van der Waals surface area (Å²) in [4.78, 5) is 39.1. The molecule has 1 saturated heterocycles. The Balaban J connectivity index is 1.49. The molecule has 2 aliphatic heterocycles. The number of rotatable bonds is 5. The number of likely N-dealkylation sites (tertiary alicyclic amines) is 1. The second kappa shape index (κ2) is 14.3. The SMILES string of the molecule is C/C1=C(\c2ccc(F)c(C(F)(F)F)c2)NC(=O)CCN(S(=O)(=O)/C=C/c2c(C)cc(C(=O)N3CCC(=O)CC3)cc2C)CCCC1. The van der Waals surface area contributed by atoms with Gasteiger partial charge in [0.15, 0.2) is 0 Å². The smallest absolute Gasteiger partial charge is 0.338 e. The third-order valence-electron chi connectivity index (χ3n) is 8.26. The van der Waals surface area contributed by atoms with Gasteiger partial charge in [-0.1, -0.05) is 0 Å². The van der Waals surface area contributed by atoms with Crippen molar-refractivity contribution in [2.75, 3.05) is 26.2 Å². The standard InChI is InChI=1S/C33H37F4N3O5S/c1-21-6-4-5-13-40(16-11-30(42)38-31(21)24-7-8-29(34)28(20-24)33(35,36)37)46(44,45)17-12-27-22(2)18-25(19-23(27)3)32(43)39-14-9-26(41)10-15-39/h7-8,12,17-20H,4-6,9-11,13-16H2,1-3H3,(H,38,42)/b17-12+,31-21-. The highest BCUT2D eigenvalue weighted by atomic mass is 32.2. The summed E-state index contributed by atoms with van der Waals surface area (Å²) in [5.74, 6) is -2.07. The van der Waals surface area contributed by atoms with E-state index in [9.17, 15) is 40.4 Å². The Morgan fingerprint density at radius 2 is 1.54 bits per heavy atom. The molecule has 0 aromatic heterocycles. The van der Waals surface area contributed by atoms with Crippen LogP contribution in [0.1, 0.15) is 83.6 Å². The fraction of sp³-hybridized carbons (Fsp3) is 0.424. The average molecular weight is 664 g/mol. The van der Waals surface area contributed by atoms with Gasteiger partial charge in [0.2, 0.25) is 15.9 Å². The molecule has 0 spiro atoms. The third kappa shape index (κ3) is 8.49. The van der Waals surface area contributed by atoms with Crippen molar-refractivity contribution >= 4 is 39.4 Å². The molecule has 0 saturated carbocycles. The van der Waals surface area contributed by atoms with Gasteiger partial charge in [-0.15, -0.1) is 0 Å². The molecule has 1 fully saturated rings. The molecule has 46 heavy (non-hydrogen) atoms. The predicted octanol–water partition coefficient (Wildman–Crippen LogP) is 5.99. The Labute approximate surface area is 266 Å². The van der Waals surface area contributed by atoms with Crippen molar-refractivity contribution in [2.45, 2.75) is 65.5 Å². The first-order valence-corrected chi connectivity index (χ1v) is 16.5. The maximum absolute atomic E-state index is 13.9. The Morgan fingerprint density at radius 1 is 0.891 bits per heavy atom. The number of ketones is 1. The molecule has 13 heteroatoms. The molecule has 0 bridgehead atoms. The molecule has 0 unspecified atom stereocenters. The number of allylic oxidation sites excluding steroid dienone is 1. The van der Waals surface area contributed by atoms with Crippen LogP contribution < -0.4 is 5.32 Å². The van der Waals surface area contributed by atoms with E-state index in [1.165, 1.54) is 16.4 Å². The number of hydrogen-bond acceptors (Lipinski definition) is 5. The maximum Gasteiger partial charge on any atom is 0.419 e. The molecule has 2 aromatic rings. The van der Waals surface area contributed by atoms with Crippen molar-refractivity contribution in [3.8, 4) is 0 Å². The van der Waals surface area contributed by atoms with E-state index in [2.05, 4.69) is 5.32 Å². The minimum Gasteiger partial charge on any atom is -0.338 e. The van der Waals surface area contributed by atoms with Crippen LogP contribution in [0.25, 0.3) is 11.8 Å². The van der Waals surface area contributed by atoms with Crippen molar-refractivity contribution in [1.29, 1.82) is 0 Å². The zero-order valence-corrected chi connectivity index (χ0v) is 26.8. The Bertz CT molecular complexity index is 1670. The number of carbonyl (C=O) groups is 3. The highest BCUT2D eigenvalue weighted by Gasteiger charge is 2.34. The zero-order valence-electron chi connectivity index (χ0n) is 26.0. The second-order valence-electron chi connectivity index (χ2n) is 11.7. The average Bonchev–Trinajstić information content (AvgIpc) is 3.01. The molecule has 248 valence electrons. The van der Waals surface area contributed by atoms with Gasteiger partial charge in [0, 0.05) is 62.1 Å². The lowest BCUT2D eigenvalue weighted by Crippen LogP contribution is -2.38. The van der Waals surface area contributed by atoms with Gasteiger partial charge in [-0.2, -0.15) is 17.5 Å². The zero-order chi connectivity index (χ0) is 33.8. The first-order valence-electron chi connectivity index (χ1n) is 15.0. The Morgan fingerprint density at radius 3 is 2.17 bits per heavy atom. The number of amides is 2. The van der Waals surface area contributed by atoms with Crippen molar-refractivity contribution in [3.63, 3.8) is 0 Å². The van der Waals surface area contributed by atoms with Crippen molar-refractivity contribution < 1.29 is 40.4 Å². The van der Waals surface area contributed by atoms with Crippen LogP contribution in [0.3, 0.4) is 0 Å². The number of nitrogens with one attached hydrogen (secondary N) is 1. The van der Waals surface area contributed by atoms with E-state index in [0.717, 1.165) is 5.41 Å². The van der Waals surface area contributed by atoms with Crippen LogP contribution in [0.4, 0.5) is 17.6 Å². The van der Waals surface area contributed by atoms with E-state index in [1.54, 1.807) is 37.8 Å². The summed E-state index contributed by atoms with van der Waals surface area (Å²) < 4.78 is 82.0. The Hall–Kier alpha value is -3.84. The van der Waals surface area contributed by atoms with Crippen molar-refractivity contribution in [1.82, 2.24) is 14.5 Å². The predicted molar refractivity (Wildman–Crippen MR) is 166 cm³/mol. The lowest BCUT2D eigenvalue weighted by molar-refractivity contribution is -0.140. The first-order chi connectivity index (χ1) is 21.6. The molecule has 2 amide bonds. The van der Waals surface area contributed by atoms with E-state index in [1.807, 2.05) is 0 Å². The van der Waals surface area contributed by atoms with Crippen molar-refractivity contribution in [3.05, 3.63) is 80.5 Å². The summed E-state index contributed by atoms with van der Waals surface area (Å²) in [7, 11) is -3.99. The summed E-state index contributed by atoms with van der Waals surface area (Å²) in [6.07, 6.45) is -1.75. The van der Waals surface area contributed by atoms with E-state index in [0.29, 0.717) is 85.2 Å². The monoisotopic (exact) mass is 663 g/mol. The minimum atomic E-state index is -4.92. The summed E-state index contributed by atoms with van der Waals surface area (Å²) in [5, 5.41) is 3.70. The topological polar surface area (TPSA) is 104 Å². The lowest BCUT2D eigenvalue weighted by atomic mass is 9.98. The molecular weight excluding hydrogens is 626 g/mol. The summed E-state index contributed by atoms with van der Waals surface area (Å²) in [6, 6.07) is 5.94. The van der Waals surface area contributed by atoms with Gasteiger partial charge in [-0.3, -0.25) is 14.4 Å². The van der Waals surface area contributed by atoms with Crippen LogP contribution in [-0.2, 0) is 25.8 Å². The summed E-state index contributed by atoms with van der Waals surface area (Å²) in [6.45, 7) is 5.92. The lowest BCUT2D eigenvalue weighted by Gasteiger charge is -2.26. The van der Waals surface area contributed by atoms with Crippen LogP contribution in [0, 0.1) is 19.7 Å². The van der Waals surface area contributed by atoms with Crippen molar-refractivity contribution in [2.24, 2.45) is 0 Å². The quantitative estimate of drug-likeness (QED) is 0.396. The number of piperidine rings is 1. The minimum absolute atomic E-state index is 0.00993. The molecule has 2 aliphatic rings. The fourth-order valence-electron chi connectivity index (χ4n) is 5.66. The van der Waals surface area contributed by atoms with E-state index >= 15 is 0 Å². The van der Waals surface area contributed by atoms with E-state index in [4.69, 9.17) is 0 Å². The highest BCUT2D eigenvalue weighted by Crippen LogP contribution is 2.34. The Kier molecular flexibility index (Phi) is 10.9. The number of carbonyl (C=O) groups excluding carboxylic acids is 3. The number of aryl methyl sites for hydroxylation is 2. The van der Waals surface area contributed by atoms with Crippen LogP contribution in [0.5, 0.6) is 0 Å². The fourth-order valence-corrected chi connectivity index (χ4v) is 6.87. The number of alkyl halides is 3. The molecular formula is C33H37F4N3O5S. The van der Waals surface area contributed by atoms with Gasteiger partial charge in [0.1, 0.15) is 11.6 Å². The number of nitrogens with zero attached hydrogens (tertiary/aromatic N) is 2. The normalized spacial score (nSPS) is 19.7. The number of halogens is 4. The number of benzene rings is 2. The number of hydrogen-bond donors (Lipinski definition) is 1. The highest BCUT2D eigenvalue weighted by molar-refractivity contribution is 7.92. The van der Waals surface area contributed by atoms with Gasteiger partial charge in [0.05, 0.1) is 5.56 Å². The van der Waals surface area contributed by atoms with E-state index < -0.39 is 33.5 Å². The number of sulfonamides is 1. The van der Waals surface area contributed by atoms with Gasteiger partial charge < -0.3 is 10.2 Å². The van der Waals surface area contributed by atoms with Crippen LogP contribution in [0.2, 0.25) is 0 Å². The van der Waals surface area contributed by atoms with Gasteiger partial charge in [-0.25, -0.2) is 12.8 Å². The molecule has 0 atom stereocenters. The second-order valence-corrected chi connectivity index (χ2v) is 13.5. The van der Waals surface area contributed by atoms with Crippen LogP contribution >= 0.6 is 0 Å². The van der Waals surface area contributed by atoms with E-state index in [-0.39, 0.29) is 42.5 Å². The third-order valence-corrected chi connectivity index (χ3v) is 9.83. The molecule has 1 N–H and O–H groups in total. The first kappa shape index (κ1) is 35.0. The van der Waals surface area contributed by atoms with Gasteiger partial charge >= 0.3 is 6.18 Å². The van der Waals surface area contributed by atoms with Crippen LogP contribution in [0.15, 0.2) is 41.3 Å². The van der Waals surface area contributed by atoms with Crippen LogP contribution in [-0.4, -0.2) is 61.4 Å². The molecule has 2 aromatic carbocycles. The largest absolute Gasteiger partial charge is 0.419 e. The summed E-state index contributed by atoms with van der Waals surface area (Å²) in [5.41, 5.74) is 1.79. The molecule has 0 aliphatic carbocycles. The number of Topliss-reactive ketones (excluding diaryl/α,β-unsaturated/α-hetero) is 1. The molecule has 2 heterocycles. The molecule has 4 rings (SSSR count). The molecule has 8 nitrogen and oxygen atoms in total. The maximum atomic E-state index is 13.9. The van der Waals surface area contributed by atoms with Gasteiger partial charge in [-0.05, 0) is 104 Å². The van der Waals surface area contributed by atoms with Gasteiger partial charge in [0.25, 0.3) is 5.91 Å².